The molecule has 3 amide bonds. The Morgan fingerprint density at radius 1 is 0.491 bits per heavy atom. The maximum atomic E-state index is 13.7. The van der Waals surface area contributed by atoms with Gasteiger partial charge in [-0.2, -0.15) is 0 Å². The van der Waals surface area contributed by atoms with Crippen LogP contribution in [0.4, 0.5) is 17.1 Å². The summed E-state index contributed by atoms with van der Waals surface area (Å²) in [5, 5.41) is 19.3. The molecule has 3 aliphatic carbocycles. The molecule has 0 atom stereocenters. The summed E-state index contributed by atoms with van der Waals surface area (Å²) < 4.78 is 12.6. The van der Waals surface area contributed by atoms with Gasteiger partial charge in [0, 0.05) is 28.4 Å². The highest BCUT2D eigenvalue weighted by Crippen LogP contribution is 2.53. The number of halogens is 6. The number of ether oxygens (including phenoxy) is 2. The molecule has 0 radical (unpaired) electrons. The van der Waals surface area contributed by atoms with Crippen LogP contribution in [0, 0.1) is 16.2 Å². The summed E-state index contributed by atoms with van der Waals surface area (Å²) in [6.07, 6.45) is 13.2. The first kappa shape index (κ1) is 43.8. The van der Waals surface area contributed by atoms with E-state index in [0.29, 0.717) is 31.4 Å². The van der Waals surface area contributed by atoms with Crippen molar-refractivity contribution in [3.63, 3.8) is 0 Å². The lowest BCUT2D eigenvalue weighted by Crippen LogP contribution is -2.35. The average molecular weight is 903 g/mol. The molecule has 9 nitrogen and oxygen atoms in total. The quantitative estimate of drug-likeness (QED) is 0.150. The van der Waals surface area contributed by atoms with Crippen molar-refractivity contribution >= 4 is 104 Å². The van der Waals surface area contributed by atoms with Gasteiger partial charge in [-0.1, -0.05) is 148 Å². The second-order valence-corrected chi connectivity index (χ2v) is 18.7. The third kappa shape index (κ3) is 9.34. The molecule has 3 aliphatic rings. The van der Waals surface area contributed by atoms with Crippen molar-refractivity contribution in [2.75, 3.05) is 16.0 Å². The monoisotopic (exact) mass is 899 g/mol. The first-order chi connectivity index (χ1) is 27.0. The highest BCUT2D eigenvalue weighted by molar-refractivity contribution is 6.46. The van der Waals surface area contributed by atoms with Crippen LogP contribution >= 0.6 is 69.6 Å². The van der Waals surface area contributed by atoms with Gasteiger partial charge in [-0.25, -0.2) is 0 Å². The zero-order valence-electron chi connectivity index (χ0n) is 32.2. The number of phenols is 1. The number of hydrogen-bond donors (Lipinski definition) is 4. The normalized spacial score (nSPS) is 18.6. The van der Waals surface area contributed by atoms with Crippen LogP contribution in [0.3, 0.4) is 0 Å². The molecule has 0 aliphatic heterocycles. The fourth-order valence-electron chi connectivity index (χ4n) is 8.04. The van der Waals surface area contributed by atoms with Gasteiger partial charge in [0.25, 0.3) is 0 Å². The third-order valence-corrected chi connectivity index (χ3v) is 14.6. The van der Waals surface area contributed by atoms with Gasteiger partial charge in [0.15, 0.2) is 23.0 Å². The van der Waals surface area contributed by atoms with Crippen LogP contribution < -0.4 is 25.4 Å². The Kier molecular flexibility index (Phi) is 13.7. The third-order valence-electron chi connectivity index (χ3n) is 12.0. The van der Waals surface area contributed by atoms with Gasteiger partial charge in [0.1, 0.15) is 20.8 Å². The topological polar surface area (TPSA) is 126 Å². The van der Waals surface area contributed by atoms with E-state index in [1.807, 2.05) is 20.8 Å². The molecule has 4 N–H and O–H groups in total. The number of nitrogens with one attached hydrogen (secondary N) is 3. The molecule has 0 saturated heterocycles. The number of amides is 3. The average Bonchev–Trinajstić information content (AvgIpc) is 3.19. The molecule has 3 saturated carbocycles. The Morgan fingerprint density at radius 2 is 0.877 bits per heavy atom. The Bertz CT molecular complexity index is 2060. The molecule has 3 aromatic carbocycles. The number of phenolic OH excluding ortho intramolecular Hbond substituents is 1. The van der Waals surface area contributed by atoms with E-state index in [0.717, 1.165) is 70.6 Å². The van der Waals surface area contributed by atoms with E-state index in [-0.39, 0.29) is 82.2 Å². The van der Waals surface area contributed by atoms with Gasteiger partial charge < -0.3 is 30.5 Å². The molecule has 308 valence electrons. The zero-order chi connectivity index (χ0) is 41.3. The van der Waals surface area contributed by atoms with E-state index < -0.39 is 22.0 Å². The summed E-state index contributed by atoms with van der Waals surface area (Å²) in [7, 11) is 0. The minimum atomic E-state index is -0.628. The highest BCUT2D eigenvalue weighted by atomic mass is 35.5. The minimum absolute atomic E-state index is 0.0285. The van der Waals surface area contributed by atoms with E-state index in [1.165, 1.54) is 18.2 Å². The maximum absolute atomic E-state index is 13.7. The zero-order valence-corrected chi connectivity index (χ0v) is 36.7. The maximum Gasteiger partial charge on any atom is 0.230 e. The second kappa shape index (κ2) is 17.8. The summed E-state index contributed by atoms with van der Waals surface area (Å²) in [4.78, 5) is 40.5. The van der Waals surface area contributed by atoms with Crippen molar-refractivity contribution in [1.82, 2.24) is 0 Å². The second-order valence-electron chi connectivity index (χ2n) is 16.4. The van der Waals surface area contributed by atoms with Gasteiger partial charge in [0.2, 0.25) is 17.7 Å². The number of anilines is 3. The van der Waals surface area contributed by atoms with Crippen LogP contribution in [0.25, 0.3) is 0 Å². The summed E-state index contributed by atoms with van der Waals surface area (Å²) in [5.41, 5.74) is -1.22. The molecular formula is C42H47Cl6N3O6. The van der Waals surface area contributed by atoms with Crippen molar-refractivity contribution in [1.29, 1.82) is 0 Å². The lowest BCUT2D eigenvalue weighted by molar-refractivity contribution is -0.127. The minimum Gasteiger partial charge on any atom is -0.503 e. The lowest BCUT2D eigenvalue weighted by atomic mass is 9.75. The van der Waals surface area contributed by atoms with Crippen molar-refractivity contribution in [3.05, 3.63) is 54.4 Å². The summed E-state index contributed by atoms with van der Waals surface area (Å²) >= 11 is 40.3. The molecule has 57 heavy (non-hydrogen) atoms. The Balaban J connectivity index is 1.37. The van der Waals surface area contributed by atoms with Crippen LogP contribution in [0.5, 0.6) is 28.7 Å². The number of rotatable bonds is 10. The van der Waals surface area contributed by atoms with E-state index >= 15 is 0 Å². The van der Waals surface area contributed by atoms with E-state index in [4.69, 9.17) is 79.1 Å². The van der Waals surface area contributed by atoms with E-state index in [9.17, 15) is 19.5 Å². The van der Waals surface area contributed by atoms with Crippen molar-refractivity contribution in [2.45, 2.75) is 117 Å². The van der Waals surface area contributed by atoms with Crippen molar-refractivity contribution < 1.29 is 29.0 Å². The molecule has 0 unspecified atom stereocenters. The highest BCUT2D eigenvalue weighted by Gasteiger charge is 2.38. The van der Waals surface area contributed by atoms with Gasteiger partial charge in [-0.05, 0) is 50.7 Å². The lowest BCUT2D eigenvalue weighted by Gasteiger charge is -2.32. The van der Waals surface area contributed by atoms with Gasteiger partial charge in [-0.3, -0.25) is 14.4 Å². The predicted octanol–water partition coefficient (Wildman–Crippen LogP) is 14.6. The fraction of sp³-hybridized carbons (Fsp3) is 0.500. The summed E-state index contributed by atoms with van der Waals surface area (Å²) in [5.74, 6) is -1.62. The number of aromatic hydroxyl groups is 1. The smallest absolute Gasteiger partial charge is 0.230 e. The predicted molar refractivity (Wildman–Crippen MR) is 231 cm³/mol. The first-order valence-electron chi connectivity index (χ1n) is 19.5. The number of benzene rings is 3. The van der Waals surface area contributed by atoms with Gasteiger partial charge in [0.05, 0.1) is 32.1 Å². The summed E-state index contributed by atoms with van der Waals surface area (Å²) in [6.45, 7) is 5.77. The molecule has 3 fully saturated rings. The van der Waals surface area contributed by atoms with E-state index in [1.54, 1.807) is 6.07 Å². The number of carbonyl (C=O) groups is 3. The molecule has 0 aromatic heterocycles. The Morgan fingerprint density at radius 3 is 1.33 bits per heavy atom. The number of hydrogen-bond acceptors (Lipinski definition) is 6. The summed E-state index contributed by atoms with van der Waals surface area (Å²) in [6, 6.07) is 5.86. The van der Waals surface area contributed by atoms with E-state index in [2.05, 4.69) is 16.0 Å². The molecule has 6 rings (SSSR count). The largest absolute Gasteiger partial charge is 0.503 e. The molecule has 3 aromatic rings. The molecule has 15 heteroatoms. The molecule has 0 heterocycles. The SMILES string of the molecule is CC1(C(=O)Nc2ccc(Oc3cc(NC(=O)C4(C)CCCCC4)c(Cl)c(Cl)c3Oc3cc(NC(=O)C4(C)CCCCC4)c(Cl)c(Cl)c3O)c(Cl)c2Cl)CCCCC1. The van der Waals surface area contributed by atoms with Crippen LogP contribution in [0.2, 0.25) is 30.1 Å². The van der Waals surface area contributed by atoms with Gasteiger partial charge in [-0.15, -0.1) is 0 Å². The van der Waals surface area contributed by atoms with Crippen LogP contribution in [0.15, 0.2) is 24.3 Å². The van der Waals surface area contributed by atoms with Crippen molar-refractivity contribution in [3.8, 4) is 28.7 Å². The van der Waals surface area contributed by atoms with Crippen molar-refractivity contribution in [2.24, 2.45) is 16.2 Å². The van der Waals surface area contributed by atoms with Crippen LogP contribution in [0.1, 0.15) is 117 Å². The van der Waals surface area contributed by atoms with Crippen LogP contribution in [-0.4, -0.2) is 22.8 Å². The fourth-order valence-corrected chi connectivity index (χ4v) is 9.26. The standard InChI is InChI=1S/C42H47Cl6N3O6/c1-40(15-7-4-8-16-40)37(53)49-23-13-14-26(32(46)29(23)43)56-28-22-25(51-39(55)42(3)19-11-6-12-20-42)31(45)34(48)36(28)57-27-21-24(30(44)33(47)35(27)52)50-38(54)41(2)17-9-5-10-18-41/h13-14,21-22,52H,4-12,15-20H2,1-3H3,(H,49,53)(H,50,54)(H,51,55). The molecule has 0 bridgehead atoms. The molecule has 0 spiro atoms. The molecular weight excluding hydrogens is 855 g/mol. The Hall–Kier alpha value is -2.79. The Labute approximate surface area is 363 Å². The number of carbonyl (C=O) groups excluding carboxylic acids is 3. The van der Waals surface area contributed by atoms with Gasteiger partial charge >= 0.3 is 0 Å². The first-order valence-corrected chi connectivity index (χ1v) is 21.7. The van der Waals surface area contributed by atoms with Crippen LogP contribution in [-0.2, 0) is 14.4 Å².